The quantitative estimate of drug-likeness (QED) is 0.686. The Kier molecular flexibility index (Phi) is 4.90. The van der Waals surface area contributed by atoms with Crippen molar-refractivity contribution in [3.05, 3.63) is 11.9 Å². The van der Waals surface area contributed by atoms with E-state index in [4.69, 9.17) is 4.74 Å². The first-order chi connectivity index (χ1) is 8.36. The first kappa shape index (κ1) is 12.5. The Morgan fingerprint density at radius 2 is 2.24 bits per heavy atom. The number of morpholine rings is 1. The molecular weight excluding hydrogens is 218 g/mol. The lowest BCUT2D eigenvalue weighted by atomic mass is 10.3. The summed E-state index contributed by atoms with van der Waals surface area (Å²) in [6, 6.07) is 0. The fourth-order valence-electron chi connectivity index (χ4n) is 1.94. The molecule has 1 aliphatic heterocycles. The van der Waals surface area contributed by atoms with Crippen LogP contribution < -0.4 is 5.32 Å². The molecule has 0 radical (unpaired) electrons. The van der Waals surface area contributed by atoms with E-state index in [1.807, 2.05) is 7.05 Å². The number of nitrogens with zero attached hydrogens (tertiary/aromatic N) is 4. The normalized spacial score (nSPS) is 17.5. The summed E-state index contributed by atoms with van der Waals surface area (Å²) in [6.07, 6.45) is 2.97. The summed E-state index contributed by atoms with van der Waals surface area (Å²) in [5, 5.41) is 11.1. The maximum absolute atomic E-state index is 5.32. The van der Waals surface area contributed by atoms with E-state index in [2.05, 4.69) is 20.5 Å². The summed E-state index contributed by atoms with van der Waals surface area (Å²) in [5.74, 6) is 0. The average Bonchev–Trinajstić information content (AvgIpc) is 2.76. The molecular formula is C11H21N5O. The molecule has 0 aliphatic carbocycles. The van der Waals surface area contributed by atoms with Gasteiger partial charge in [0.15, 0.2) is 0 Å². The van der Waals surface area contributed by atoms with Crippen molar-refractivity contribution in [3.8, 4) is 0 Å². The van der Waals surface area contributed by atoms with Gasteiger partial charge in [0.25, 0.3) is 0 Å². The highest BCUT2D eigenvalue weighted by Gasteiger charge is 2.08. The average molecular weight is 239 g/mol. The molecule has 0 unspecified atom stereocenters. The molecule has 1 aliphatic rings. The number of ether oxygens (including phenoxy) is 1. The predicted molar refractivity (Wildman–Crippen MR) is 64.6 cm³/mol. The topological polar surface area (TPSA) is 55.2 Å². The van der Waals surface area contributed by atoms with Gasteiger partial charge in [0.2, 0.25) is 0 Å². The van der Waals surface area contributed by atoms with Crippen molar-refractivity contribution in [2.24, 2.45) is 7.05 Å². The van der Waals surface area contributed by atoms with Crippen LogP contribution in [0.5, 0.6) is 0 Å². The molecule has 2 rings (SSSR count). The number of rotatable bonds is 6. The largest absolute Gasteiger partial charge is 0.379 e. The van der Waals surface area contributed by atoms with Crippen LogP contribution >= 0.6 is 0 Å². The Morgan fingerprint density at radius 3 is 2.94 bits per heavy atom. The van der Waals surface area contributed by atoms with E-state index in [9.17, 15) is 0 Å². The maximum atomic E-state index is 5.32. The molecule has 0 spiro atoms. The molecule has 1 aromatic heterocycles. The fraction of sp³-hybridized carbons (Fsp3) is 0.818. The van der Waals surface area contributed by atoms with Crippen molar-refractivity contribution in [2.45, 2.75) is 13.0 Å². The summed E-state index contributed by atoms with van der Waals surface area (Å²) in [4.78, 5) is 2.46. The second-order valence-corrected chi connectivity index (χ2v) is 4.33. The number of aryl methyl sites for hydroxylation is 1. The summed E-state index contributed by atoms with van der Waals surface area (Å²) >= 11 is 0. The molecule has 0 saturated carbocycles. The Morgan fingerprint density at radius 1 is 1.41 bits per heavy atom. The van der Waals surface area contributed by atoms with Gasteiger partial charge < -0.3 is 10.1 Å². The van der Waals surface area contributed by atoms with Crippen LogP contribution in [0.4, 0.5) is 0 Å². The lowest BCUT2D eigenvalue weighted by molar-refractivity contribution is 0.0374. The minimum absolute atomic E-state index is 0.840. The molecule has 6 heteroatoms. The van der Waals surface area contributed by atoms with Gasteiger partial charge in [-0.2, -0.15) is 0 Å². The second kappa shape index (κ2) is 6.68. The highest BCUT2D eigenvalue weighted by molar-refractivity contribution is 4.91. The van der Waals surface area contributed by atoms with Crippen LogP contribution in [0.3, 0.4) is 0 Å². The van der Waals surface area contributed by atoms with E-state index >= 15 is 0 Å². The number of nitrogens with one attached hydrogen (secondary N) is 1. The summed E-state index contributed by atoms with van der Waals surface area (Å²) < 4.78 is 7.12. The van der Waals surface area contributed by atoms with Crippen molar-refractivity contribution in [1.82, 2.24) is 25.2 Å². The zero-order valence-electron chi connectivity index (χ0n) is 10.4. The standard InChI is InChI=1S/C11H21N5O/c1-15-11(10-13-14-15)9-12-3-2-4-16-5-7-17-8-6-16/h10,12H,2-9H2,1H3. The van der Waals surface area contributed by atoms with Crippen LogP contribution in [0.1, 0.15) is 12.1 Å². The van der Waals surface area contributed by atoms with E-state index in [1.165, 1.54) is 6.42 Å². The van der Waals surface area contributed by atoms with Crippen molar-refractivity contribution < 1.29 is 4.74 Å². The van der Waals surface area contributed by atoms with Gasteiger partial charge in [0.1, 0.15) is 0 Å². The first-order valence-electron chi connectivity index (χ1n) is 6.20. The molecule has 1 aromatic rings. The van der Waals surface area contributed by atoms with Gasteiger partial charge in [-0.1, -0.05) is 5.21 Å². The van der Waals surface area contributed by atoms with Crippen LogP contribution in [0.15, 0.2) is 6.20 Å². The molecule has 0 aromatic carbocycles. The Hall–Kier alpha value is -0.980. The highest BCUT2D eigenvalue weighted by atomic mass is 16.5. The molecule has 96 valence electrons. The molecule has 2 heterocycles. The first-order valence-corrected chi connectivity index (χ1v) is 6.20. The lowest BCUT2D eigenvalue weighted by Crippen LogP contribution is -2.37. The molecule has 1 N–H and O–H groups in total. The van der Waals surface area contributed by atoms with E-state index in [1.54, 1.807) is 10.9 Å². The van der Waals surface area contributed by atoms with Crippen LogP contribution in [0.25, 0.3) is 0 Å². The van der Waals surface area contributed by atoms with Gasteiger partial charge >= 0.3 is 0 Å². The second-order valence-electron chi connectivity index (χ2n) is 4.33. The van der Waals surface area contributed by atoms with Crippen molar-refractivity contribution in [2.75, 3.05) is 39.4 Å². The zero-order valence-corrected chi connectivity index (χ0v) is 10.4. The lowest BCUT2D eigenvalue weighted by Gasteiger charge is -2.26. The van der Waals surface area contributed by atoms with Gasteiger partial charge in [0.05, 0.1) is 25.1 Å². The van der Waals surface area contributed by atoms with Crippen LogP contribution in [0, 0.1) is 0 Å². The predicted octanol–water partition coefficient (Wildman–Crippen LogP) is -0.373. The van der Waals surface area contributed by atoms with Crippen molar-refractivity contribution in [3.63, 3.8) is 0 Å². The number of hydrogen-bond donors (Lipinski definition) is 1. The summed E-state index contributed by atoms with van der Waals surface area (Å²) in [7, 11) is 1.91. The van der Waals surface area contributed by atoms with Crippen molar-refractivity contribution in [1.29, 1.82) is 0 Å². The molecule has 1 fully saturated rings. The molecule has 0 bridgehead atoms. The fourth-order valence-corrected chi connectivity index (χ4v) is 1.94. The van der Waals surface area contributed by atoms with E-state index in [0.29, 0.717) is 0 Å². The van der Waals surface area contributed by atoms with E-state index in [-0.39, 0.29) is 0 Å². The minimum Gasteiger partial charge on any atom is -0.379 e. The molecule has 0 atom stereocenters. The summed E-state index contributed by atoms with van der Waals surface area (Å²) in [6.45, 7) is 6.94. The van der Waals surface area contributed by atoms with Gasteiger partial charge in [-0.05, 0) is 19.5 Å². The molecule has 17 heavy (non-hydrogen) atoms. The third-order valence-corrected chi connectivity index (χ3v) is 3.05. The highest BCUT2D eigenvalue weighted by Crippen LogP contribution is 1.97. The Labute approximate surface area is 102 Å². The van der Waals surface area contributed by atoms with Gasteiger partial charge in [-0.15, -0.1) is 5.10 Å². The van der Waals surface area contributed by atoms with E-state index in [0.717, 1.165) is 51.6 Å². The summed E-state index contributed by atoms with van der Waals surface area (Å²) in [5.41, 5.74) is 1.12. The third-order valence-electron chi connectivity index (χ3n) is 3.05. The van der Waals surface area contributed by atoms with Gasteiger partial charge in [-0.3, -0.25) is 9.58 Å². The maximum Gasteiger partial charge on any atom is 0.0738 e. The number of hydrogen-bond acceptors (Lipinski definition) is 5. The molecule has 1 saturated heterocycles. The monoisotopic (exact) mass is 239 g/mol. The smallest absolute Gasteiger partial charge is 0.0738 e. The van der Waals surface area contributed by atoms with Crippen LogP contribution in [0.2, 0.25) is 0 Å². The zero-order chi connectivity index (χ0) is 11.9. The number of aromatic nitrogens is 3. The molecule has 6 nitrogen and oxygen atoms in total. The minimum atomic E-state index is 0.840. The Bertz CT molecular complexity index is 321. The van der Waals surface area contributed by atoms with Crippen molar-refractivity contribution >= 4 is 0 Å². The molecule has 0 amide bonds. The third kappa shape index (κ3) is 4.07. The van der Waals surface area contributed by atoms with Gasteiger partial charge in [0, 0.05) is 26.7 Å². The van der Waals surface area contributed by atoms with Crippen LogP contribution in [-0.4, -0.2) is 59.3 Å². The van der Waals surface area contributed by atoms with Crippen LogP contribution in [-0.2, 0) is 18.3 Å². The van der Waals surface area contributed by atoms with Gasteiger partial charge in [-0.25, -0.2) is 0 Å². The SMILES string of the molecule is Cn1nncc1CNCCCN1CCOCC1. The van der Waals surface area contributed by atoms with E-state index < -0.39 is 0 Å². The Balaban J connectivity index is 1.53.